The van der Waals surface area contributed by atoms with Crippen LogP contribution in [0.2, 0.25) is 0 Å². The number of aromatic amines is 1. The molecule has 3 heterocycles. The van der Waals surface area contributed by atoms with E-state index in [1.54, 1.807) is 17.6 Å². The molecule has 2 aliphatic rings. The van der Waals surface area contributed by atoms with Gasteiger partial charge in [-0.05, 0) is 32.6 Å². The fourth-order valence-corrected chi connectivity index (χ4v) is 5.60. The predicted octanol–water partition coefficient (Wildman–Crippen LogP) is 1.59. The van der Waals surface area contributed by atoms with Crippen LogP contribution in [0.3, 0.4) is 0 Å². The molecule has 0 radical (unpaired) electrons. The van der Waals surface area contributed by atoms with Gasteiger partial charge in [0.15, 0.2) is 0 Å². The number of fused-ring (bicyclic) bond motifs is 3. The molecule has 1 saturated heterocycles. The lowest BCUT2D eigenvalue weighted by Gasteiger charge is -2.42. The SMILES string of the molecule is Cc1nocc1S(=O)(=O)N1CCCC2c3nc[nH]c3CCC21. The lowest BCUT2D eigenvalue weighted by Crippen LogP contribution is -2.49. The predicted molar refractivity (Wildman–Crippen MR) is 77.8 cm³/mol. The number of piperidine rings is 1. The van der Waals surface area contributed by atoms with Crippen LogP contribution < -0.4 is 0 Å². The molecule has 2 aromatic heterocycles. The topological polar surface area (TPSA) is 92.1 Å². The normalized spacial score (nSPS) is 25.7. The second-order valence-electron chi connectivity index (χ2n) is 6.00. The fraction of sp³-hybridized carbons (Fsp3) is 0.571. The summed E-state index contributed by atoms with van der Waals surface area (Å²) in [5.41, 5.74) is 2.61. The minimum atomic E-state index is -3.57. The van der Waals surface area contributed by atoms with Crippen LogP contribution in [0.15, 0.2) is 22.0 Å². The Bertz CT molecular complexity index is 795. The van der Waals surface area contributed by atoms with Gasteiger partial charge in [-0.1, -0.05) is 5.16 Å². The maximum absolute atomic E-state index is 13.0. The number of nitrogens with one attached hydrogen (secondary N) is 1. The molecular formula is C14H18N4O3S. The zero-order chi connectivity index (χ0) is 15.3. The molecule has 1 aliphatic carbocycles. The number of nitrogens with zero attached hydrogens (tertiary/aromatic N) is 3. The average molecular weight is 322 g/mol. The monoisotopic (exact) mass is 322 g/mol. The maximum atomic E-state index is 13.0. The van der Waals surface area contributed by atoms with Gasteiger partial charge < -0.3 is 9.51 Å². The minimum absolute atomic E-state index is 0.0242. The molecule has 2 unspecified atom stereocenters. The van der Waals surface area contributed by atoms with E-state index >= 15 is 0 Å². The van der Waals surface area contributed by atoms with Crippen LogP contribution in [0.1, 0.15) is 42.3 Å². The highest BCUT2D eigenvalue weighted by Crippen LogP contribution is 2.41. The van der Waals surface area contributed by atoms with Crippen molar-refractivity contribution in [2.75, 3.05) is 6.54 Å². The van der Waals surface area contributed by atoms with Gasteiger partial charge in [-0.15, -0.1) is 0 Å². The second-order valence-corrected chi connectivity index (χ2v) is 7.86. The van der Waals surface area contributed by atoms with Crippen LogP contribution in [0.4, 0.5) is 0 Å². The Morgan fingerprint density at radius 3 is 3.05 bits per heavy atom. The zero-order valence-electron chi connectivity index (χ0n) is 12.3. The summed E-state index contributed by atoms with van der Waals surface area (Å²) >= 11 is 0. The first-order valence-electron chi connectivity index (χ1n) is 7.54. The number of hydrogen-bond acceptors (Lipinski definition) is 5. The molecule has 0 aromatic carbocycles. The Labute approximate surface area is 128 Å². The van der Waals surface area contributed by atoms with Gasteiger partial charge in [0, 0.05) is 24.2 Å². The standard InChI is InChI=1S/C14H18N4O3S/c1-9-13(7-21-17-9)22(19,20)18-6-2-3-10-12(18)5-4-11-14(10)16-8-15-11/h7-8,10,12H,2-6H2,1H3,(H,15,16). The van der Waals surface area contributed by atoms with Gasteiger partial charge in [0.2, 0.25) is 10.0 Å². The quantitative estimate of drug-likeness (QED) is 0.906. The number of aryl methyl sites for hydroxylation is 2. The van der Waals surface area contributed by atoms with Crippen LogP contribution >= 0.6 is 0 Å². The van der Waals surface area contributed by atoms with E-state index in [0.717, 1.165) is 37.1 Å². The molecular weight excluding hydrogens is 304 g/mol. The summed E-state index contributed by atoms with van der Waals surface area (Å²) in [5, 5.41) is 3.71. The Kier molecular flexibility index (Phi) is 3.12. The van der Waals surface area contributed by atoms with Gasteiger partial charge in [-0.3, -0.25) is 0 Å². The van der Waals surface area contributed by atoms with Crippen LogP contribution in [-0.2, 0) is 16.4 Å². The smallest absolute Gasteiger partial charge is 0.248 e. The first kappa shape index (κ1) is 14.0. The molecule has 118 valence electrons. The number of rotatable bonds is 2. The van der Waals surface area contributed by atoms with Gasteiger partial charge in [0.25, 0.3) is 0 Å². The molecule has 1 fully saturated rings. The van der Waals surface area contributed by atoms with E-state index in [4.69, 9.17) is 4.52 Å². The van der Waals surface area contributed by atoms with Gasteiger partial charge in [-0.25, -0.2) is 13.4 Å². The summed E-state index contributed by atoms with van der Waals surface area (Å²) in [7, 11) is -3.57. The van der Waals surface area contributed by atoms with Crippen molar-refractivity contribution in [1.82, 2.24) is 19.4 Å². The lowest BCUT2D eigenvalue weighted by molar-refractivity contribution is 0.198. The molecule has 2 atom stereocenters. The number of imidazole rings is 1. The second kappa shape index (κ2) is 4.92. The van der Waals surface area contributed by atoms with E-state index < -0.39 is 10.0 Å². The van der Waals surface area contributed by atoms with Crippen LogP contribution in [0.5, 0.6) is 0 Å². The first-order chi connectivity index (χ1) is 10.6. The Balaban J connectivity index is 1.73. The van der Waals surface area contributed by atoms with E-state index in [-0.39, 0.29) is 16.9 Å². The lowest BCUT2D eigenvalue weighted by atomic mass is 9.80. The highest BCUT2D eigenvalue weighted by Gasteiger charge is 2.43. The number of sulfonamides is 1. The molecule has 7 nitrogen and oxygen atoms in total. The number of hydrogen-bond donors (Lipinski definition) is 1. The first-order valence-corrected chi connectivity index (χ1v) is 8.98. The van der Waals surface area contributed by atoms with Crippen molar-refractivity contribution in [2.24, 2.45) is 0 Å². The van der Waals surface area contributed by atoms with Gasteiger partial charge >= 0.3 is 0 Å². The molecule has 1 aliphatic heterocycles. The van der Waals surface area contributed by atoms with E-state index in [0.29, 0.717) is 12.2 Å². The number of H-pyrrole nitrogens is 1. The Hall–Kier alpha value is -1.67. The summed E-state index contributed by atoms with van der Waals surface area (Å²) in [6, 6.07) is -0.0242. The Morgan fingerprint density at radius 2 is 2.27 bits per heavy atom. The van der Waals surface area contributed by atoms with Crippen molar-refractivity contribution in [3.8, 4) is 0 Å². The molecule has 1 N–H and O–H groups in total. The van der Waals surface area contributed by atoms with Crippen molar-refractivity contribution in [1.29, 1.82) is 0 Å². The van der Waals surface area contributed by atoms with E-state index in [9.17, 15) is 8.42 Å². The van der Waals surface area contributed by atoms with Crippen molar-refractivity contribution >= 4 is 10.0 Å². The fourth-order valence-electron chi connectivity index (χ4n) is 3.79. The average Bonchev–Trinajstić information content (AvgIpc) is 3.14. The molecule has 4 rings (SSSR count). The van der Waals surface area contributed by atoms with Crippen LogP contribution in [-0.4, -0.2) is 40.4 Å². The van der Waals surface area contributed by atoms with E-state index in [2.05, 4.69) is 15.1 Å². The minimum Gasteiger partial charge on any atom is -0.363 e. The molecule has 0 amide bonds. The highest BCUT2D eigenvalue weighted by atomic mass is 32.2. The van der Waals surface area contributed by atoms with Crippen molar-refractivity contribution in [3.63, 3.8) is 0 Å². The molecule has 2 aromatic rings. The van der Waals surface area contributed by atoms with Crippen molar-refractivity contribution in [2.45, 2.75) is 49.5 Å². The van der Waals surface area contributed by atoms with Gasteiger partial charge in [0.05, 0.1) is 12.0 Å². The third kappa shape index (κ3) is 1.94. The summed E-state index contributed by atoms with van der Waals surface area (Å²) in [4.78, 5) is 7.79. The number of aromatic nitrogens is 3. The third-order valence-electron chi connectivity index (χ3n) is 4.81. The summed E-state index contributed by atoms with van der Waals surface area (Å²) in [6.45, 7) is 2.21. The maximum Gasteiger partial charge on any atom is 0.248 e. The van der Waals surface area contributed by atoms with Crippen LogP contribution in [0, 0.1) is 6.92 Å². The summed E-state index contributed by atoms with van der Waals surface area (Å²) in [5.74, 6) is 0.179. The largest absolute Gasteiger partial charge is 0.363 e. The van der Waals surface area contributed by atoms with Gasteiger partial charge in [0.1, 0.15) is 16.9 Å². The molecule has 0 spiro atoms. The van der Waals surface area contributed by atoms with E-state index in [1.807, 2.05) is 0 Å². The molecule has 22 heavy (non-hydrogen) atoms. The van der Waals surface area contributed by atoms with E-state index in [1.165, 1.54) is 6.26 Å². The molecule has 0 saturated carbocycles. The van der Waals surface area contributed by atoms with Crippen molar-refractivity contribution < 1.29 is 12.9 Å². The van der Waals surface area contributed by atoms with Crippen LogP contribution in [0.25, 0.3) is 0 Å². The zero-order valence-corrected chi connectivity index (χ0v) is 13.1. The summed E-state index contributed by atoms with van der Waals surface area (Å²) in [6.07, 6.45) is 6.43. The third-order valence-corrected chi connectivity index (χ3v) is 6.83. The summed E-state index contributed by atoms with van der Waals surface area (Å²) < 4.78 is 32.4. The van der Waals surface area contributed by atoms with Crippen molar-refractivity contribution in [3.05, 3.63) is 29.7 Å². The molecule has 0 bridgehead atoms. The molecule has 8 heteroatoms. The van der Waals surface area contributed by atoms with Gasteiger partial charge in [-0.2, -0.15) is 4.31 Å². The highest BCUT2D eigenvalue weighted by molar-refractivity contribution is 7.89. The Morgan fingerprint density at radius 1 is 1.41 bits per heavy atom.